The van der Waals surface area contributed by atoms with Gasteiger partial charge in [-0.05, 0) is 50.3 Å². The highest BCUT2D eigenvalue weighted by molar-refractivity contribution is 7.99. The van der Waals surface area contributed by atoms with Crippen molar-refractivity contribution in [2.24, 2.45) is 0 Å². The SMILES string of the molecule is CN(C)CCCOc1ccc(NC(=O)C(c2ccccc2)N2CCSCC2)cc1. The van der Waals surface area contributed by atoms with Crippen molar-refractivity contribution in [1.29, 1.82) is 0 Å². The van der Waals surface area contributed by atoms with Crippen molar-refractivity contribution in [3.63, 3.8) is 0 Å². The molecule has 29 heavy (non-hydrogen) atoms. The molecule has 1 saturated heterocycles. The number of anilines is 1. The predicted octanol–water partition coefficient (Wildman–Crippen LogP) is 3.75. The van der Waals surface area contributed by atoms with Gasteiger partial charge in [0.2, 0.25) is 5.91 Å². The van der Waals surface area contributed by atoms with Crippen LogP contribution in [0, 0.1) is 0 Å². The monoisotopic (exact) mass is 413 g/mol. The van der Waals surface area contributed by atoms with Gasteiger partial charge in [0.1, 0.15) is 11.8 Å². The molecule has 2 aromatic rings. The third-order valence-electron chi connectivity index (χ3n) is 4.91. The summed E-state index contributed by atoms with van der Waals surface area (Å²) in [6, 6.07) is 17.4. The Kier molecular flexibility index (Phi) is 8.40. The van der Waals surface area contributed by atoms with Crippen LogP contribution < -0.4 is 10.1 Å². The second kappa shape index (κ2) is 11.2. The van der Waals surface area contributed by atoms with E-state index >= 15 is 0 Å². The number of amides is 1. The molecule has 1 heterocycles. The summed E-state index contributed by atoms with van der Waals surface area (Å²) in [7, 11) is 4.12. The van der Waals surface area contributed by atoms with E-state index in [0.717, 1.165) is 54.6 Å². The third kappa shape index (κ3) is 6.77. The van der Waals surface area contributed by atoms with Crippen molar-refractivity contribution in [2.45, 2.75) is 12.5 Å². The van der Waals surface area contributed by atoms with Gasteiger partial charge in [-0.25, -0.2) is 0 Å². The Morgan fingerprint density at radius 2 is 1.79 bits per heavy atom. The molecule has 0 bridgehead atoms. The van der Waals surface area contributed by atoms with Crippen molar-refractivity contribution in [1.82, 2.24) is 9.80 Å². The predicted molar refractivity (Wildman–Crippen MR) is 122 cm³/mol. The number of rotatable bonds is 9. The van der Waals surface area contributed by atoms with E-state index in [0.29, 0.717) is 6.61 Å². The molecule has 1 amide bonds. The first-order valence-electron chi connectivity index (χ1n) is 10.2. The zero-order valence-corrected chi connectivity index (χ0v) is 18.2. The average Bonchev–Trinajstić information content (AvgIpc) is 2.74. The topological polar surface area (TPSA) is 44.8 Å². The summed E-state index contributed by atoms with van der Waals surface area (Å²) < 4.78 is 5.78. The molecule has 5 nitrogen and oxygen atoms in total. The largest absolute Gasteiger partial charge is 0.494 e. The van der Waals surface area contributed by atoms with Crippen molar-refractivity contribution < 1.29 is 9.53 Å². The molecule has 0 aromatic heterocycles. The fourth-order valence-electron chi connectivity index (χ4n) is 3.41. The highest BCUT2D eigenvalue weighted by Gasteiger charge is 2.28. The van der Waals surface area contributed by atoms with E-state index in [9.17, 15) is 4.79 Å². The van der Waals surface area contributed by atoms with Gasteiger partial charge >= 0.3 is 0 Å². The molecule has 3 rings (SSSR count). The number of carbonyl (C=O) groups excluding carboxylic acids is 1. The molecule has 0 spiro atoms. The summed E-state index contributed by atoms with van der Waals surface area (Å²) in [5.74, 6) is 2.98. The highest BCUT2D eigenvalue weighted by Crippen LogP contribution is 2.26. The maximum atomic E-state index is 13.2. The van der Waals surface area contributed by atoms with Crippen LogP contribution in [0.3, 0.4) is 0 Å². The van der Waals surface area contributed by atoms with Gasteiger partial charge < -0.3 is 15.0 Å². The van der Waals surface area contributed by atoms with Crippen LogP contribution in [-0.4, -0.2) is 67.5 Å². The summed E-state index contributed by atoms with van der Waals surface area (Å²) in [6.07, 6.45) is 0.984. The van der Waals surface area contributed by atoms with Crippen LogP contribution in [0.4, 0.5) is 5.69 Å². The van der Waals surface area contributed by atoms with Gasteiger partial charge in [-0.2, -0.15) is 11.8 Å². The summed E-state index contributed by atoms with van der Waals surface area (Å²) >= 11 is 1.95. The number of thioether (sulfide) groups is 1. The minimum Gasteiger partial charge on any atom is -0.494 e. The molecule has 0 radical (unpaired) electrons. The minimum atomic E-state index is -0.265. The van der Waals surface area contributed by atoms with Crippen molar-refractivity contribution in [2.75, 3.05) is 57.2 Å². The normalized spacial score (nSPS) is 15.8. The van der Waals surface area contributed by atoms with Gasteiger partial charge in [0, 0.05) is 36.8 Å². The number of ether oxygens (including phenoxy) is 1. The lowest BCUT2D eigenvalue weighted by molar-refractivity contribution is -0.121. The van der Waals surface area contributed by atoms with Gasteiger partial charge in [-0.15, -0.1) is 0 Å². The zero-order chi connectivity index (χ0) is 20.5. The van der Waals surface area contributed by atoms with E-state index in [4.69, 9.17) is 4.74 Å². The quantitative estimate of drug-likeness (QED) is 0.635. The van der Waals surface area contributed by atoms with Gasteiger partial charge in [-0.3, -0.25) is 9.69 Å². The molecule has 1 atom stereocenters. The second-order valence-electron chi connectivity index (χ2n) is 7.48. The van der Waals surface area contributed by atoms with E-state index in [1.165, 1.54) is 0 Å². The second-order valence-corrected chi connectivity index (χ2v) is 8.71. The average molecular weight is 414 g/mol. The Labute approximate surface area is 178 Å². The summed E-state index contributed by atoms with van der Waals surface area (Å²) in [5, 5.41) is 3.10. The fourth-order valence-corrected chi connectivity index (χ4v) is 4.35. The number of nitrogens with one attached hydrogen (secondary N) is 1. The van der Waals surface area contributed by atoms with Crippen LogP contribution in [0.2, 0.25) is 0 Å². The van der Waals surface area contributed by atoms with E-state index in [1.54, 1.807) is 0 Å². The van der Waals surface area contributed by atoms with Crippen LogP contribution in [0.5, 0.6) is 5.75 Å². The molecule has 2 aromatic carbocycles. The van der Waals surface area contributed by atoms with Crippen LogP contribution in [0.15, 0.2) is 54.6 Å². The molecule has 1 unspecified atom stereocenters. The van der Waals surface area contributed by atoms with Crippen LogP contribution in [0.25, 0.3) is 0 Å². The number of hydrogen-bond donors (Lipinski definition) is 1. The van der Waals surface area contributed by atoms with Crippen LogP contribution in [0.1, 0.15) is 18.0 Å². The maximum Gasteiger partial charge on any atom is 0.246 e. The molecule has 1 aliphatic heterocycles. The minimum absolute atomic E-state index is 0.0164. The van der Waals surface area contributed by atoms with Crippen molar-refractivity contribution in [3.05, 3.63) is 60.2 Å². The first-order valence-corrected chi connectivity index (χ1v) is 11.3. The smallest absolute Gasteiger partial charge is 0.246 e. The number of nitrogens with zero attached hydrogens (tertiary/aromatic N) is 2. The first kappa shape index (κ1) is 21.7. The molecule has 0 aliphatic carbocycles. The van der Waals surface area contributed by atoms with Crippen molar-refractivity contribution >= 4 is 23.4 Å². The Morgan fingerprint density at radius 3 is 2.45 bits per heavy atom. The number of benzene rings is 2. The Bertz CT molecular complexity index is 746. The third-order valence-corrected chi connectivity index (χ3v) is 5.86. The molecule has 1 aliphatic rings. The Balaban J connectivity index is 1.61. The molecular formula is C23H31N3O2S. The van der Waals surface area contributed by atoms with Crippen LogP contribution in [-0.2, 0) is 4.79 Å². The number of hydrogen-bond acceptors (Lipinski definition) is 5. The zero-order valence-electron chi connectivity index (χ0n) is 17.3. The van der Waals surface area contributed by atoms with Gasteiger partial charge in [0.15, 0.2) is 0 Å². The highest BCUT2D eigenvalue weighted by atomic mass is 32.2. The van der Waals surface area contributed by atoms with Crippen molar-refractivity contribution in [3.8, 4) is 5.75 Å². The lowest BCUT2D eigenvalue weighted by Crippen LogP contribution is -2.41. The van der Waals surface area contributed by atoms with E-state index in [-0.39, 0.29) is 11.9 Å². The van der Waals surface area contributed by atoms with E-state index in [1.807, 2.05) is 66.4 Å². The maximum absolute atomic E-state index is 13.2. The summed E-state index contributed by atoms with van der Waals surface area (Å²) in [4.78, 5) is 17.6. The Morgan fingerprint density at radius 1 is 1.10 bits per heavy atom. The molecule has 1 fully saturated rings. The lowest BCUT2D eigenvalue weighted by atomic mass is 10.0. The molecule has 0 saturated carbocycles. The number of carbonyl (C=O) groups is 1. The van der Waals surface area contributed by atoms with Gasteiger partial charge in [0.05, 0.1) is 6.61 Å². The molecule has 6 heteroatoms. The molecule has 1 N–H and O–H groups in total. The molecular weight excluding hydrogens is 382 g/mol. The summed E-state index contributed by atoms with van der Waals surface area (Å²) in [6.45, 7) is 3.55. The van der Waals surface area contributed by atoms with Gasteiger partial charge in [0.25, 0.3) is 0 Å². The lowest BCUT2D eigenvalue weighted by Gasteiger charge is -2.33. The van der Waals surface area contributed by atoms with Crippen LogP contribution >= 0.6 is 11.8 Å². The van der Waals surface area contributed by atoms with E-state index in [2.05, 4.69) is 29.2 Å². The summed E-state index contributed by atoms with van der Waals surface area (Å²) in [5.41, 5.74) is 1.83. The van der Waals surface area contributed by atoms with Gasteiger partial charge in [-0.1, -0.05) is 30.3 Å². The Hall–Kier alpha value is -2.02. The van der Waals surface area contributed by atoms with E-state index < -0.39 is 0 Å². The first-order chi connectivity index (χ1) is 14.1. The standard InChI is InChI=1S/C23H31N3O2S/c1-25(2)13-6-16-28-21-11-9-20(10-12-21)24-23(27)22(19-7-4-3-5-8-19)26-14-17-29-18-15-26/h3-5,7-12,22H,6,13-18H2,1-2H3,(H,24,27). The fraction of sp³-hybridized carbons (Fsp3) is 0.435. The molecule has 156 valence electrons.